The molecule has 0 amide bonds. The summed E-state index contributed by atoms with van der Waals surface area (Å²) in [7, 11) is -7.84. The van der Waals surface area contributed by atoms with Crippen molar-refractivity contribution in [1.82, 2.24) is 15.0 Å². The van der Waals surface area contributed by atoms with Gasteiger partial charge in [-0.2, -0.15) is 52.2 Å². The second kappa shape index (κ2) is 14.9. The van der Waals surface area contributed by atoms with Gasteiger partial charge in [0, 0.05) is 19.2 Å². The minimum absolute atomic E-state index is 0.167. The van der Waals surface area contributed by atoms with Crippen molar-refractivity contribution in [3.05, 3.63) is 107 Å². The lowest BCUT2D eigenvalue weighted by atomic mass is 10.0. The second-order valence-corrected chi connectivity index (χ2v) is 13.9. The Morgan fingerprint density at radius 1 is 0.700 bits per heavy atom. The maximum atomic E-state index is 11.6. The summed E-state index contributed by atoms with van der Waals surface area (Å²) in [4.78, 5) is 13.9. The number of hydrogen-bond acceptors (Lipinski definition) is 14. The zero-order valence-corrected chi connectivity index (χ0v) is 28.6. The number of rotatable bonds is 12. The number of benzene rings is 4. The summed E-state index contributed by atoms with van der Waals surface area (Å²) >= 11 is 0. The summed E-state index contributed by atoms with van der Waals surface area (Å²) in [5.74, 6) is 1.14. The Kier molecular flexibility index (Phi) is 10.7. The first-order valence-corrected chi connectivity index (χ1v) is 17.7. The number of nitrogens with one attached hydrogen (secondary N) is 1. The van der Waals surface area contributed by atoms with E-state index in [4.69, 9.17) is 5.73 Å². The van der Waals surface area contributed by atoms with Gasteiger partial charge < -0.3 is 16.0 Å². The van der Waals surface area contributed by atoms with Gasteiger partial charge in [0.15, 0.2) is 0 Å². The van der Waals surface area contributed by atoms with Crippen LogP contribution in [0.15, 0.2) is 115 Å². The lowest BCUT2D eigenvalue weighted by Crippen LogP contribution is -2.27. The standard InChI is InChI=1S/C32H32N10O6S2/c1-20-13-24(39-38-23-7-5-4-6-8-23)10-9-22(20)15-30-35-31(37-32(36-30)42(3)19-33)34-29-12-11-25(14-21(29)2)40-41-26-16-27(49(43,44)45)18-28(17-26)50(46,47)48/h4-14,16-18H,15,19,33H2,1-3H3,(H,43,44,45)(H,46,47,48)(H,34,35,36,37). The van der Waals surface area contributed by atoms with Crippen molar-refractivity contribution in [2.24, 2.45) is 26.2 Å². The highest BCUT2D eigenvalue weighted by molar-refractivity contribution is 7.86. The molecule has 0 saturated heterocycles. The monoisotopic (exact) mass is 716 g/mol. The van der Waals surface area contributed by atoms with E-state index >= 15 is 0 Å². The molecular formula is C32H32N10O6S2. The molecule has 0 aliphatic rings. The summed E-state index contributed by atoms with van der Waals surface area (Å²) in [5, 5.41) is 19.8. The average Bonchev–Trinajstić information content (AvgIpc) is 3.07. The third-order valence-corrected chi connectivity index (χ3v) is 8.86. The van der Waals surface area contributed by atoms with Crippen molar-refractivity contribution in [2.45, 2.75) is 30.1 Å². The predicted molar refractivity (Wildman–Crippen MR) is 187 cm³/mol. The third kappa shape index (κ3) is 9.33. The summed E-state index contributed by atoms with van der Waals surface area (Å²) < 4.78 is 65.3. The number of nitrogens with two attached hydrogens (primary N) is 1. The van der Waals surface area contributed by atoms with Gasteiger partial charge in [-0.15, -0.1) is 0 Å². The quantitative estimate of drug-likeness (QED) is 0.0615. The van der Waals surface area contributed by atoms with Crippen LogP contribution in [0.25, 0.3) is 0 Å². The van der Waals surface area contributed by atoms with Crippen LogP contribution >= 0.6 is 0 Å². The van der Waals surface area contributed by atoms with Gasteiger partial charge in [0.1, 0.15) is 5.82 Å². The van der Waals surface area contributed by atoms with E-state index in [2.05, 4.69) is 40.7 Å². The fourth-order valence-electron chi connectivity index (χ4n) is 4.51. The van der Waals surface area contributed by atoms with E-state index in [0.717, 1.165) is 28.9 Å². The van der Waals surface area contributed by atoms with E-state index < -0.39 is 30.0 Å². The largest absolute Gasteiger partial charge is 0.331 e. The van der Waals surface area contributed by atoms with Crippen LogP contribution in [0.5, 0.6) is 0 Å². The molecule has 16 nitrogen and oxygen atoms in total. The number of azo groups is 2. The molecule has 5 aromatic rings. The fraction of sp³-hybridized carbons (Fsp3) is 0.156. The molecule has 0 atom stereocenters. The number of hydrogen-bond donors (Lipinski definition) is 4. The maximum absolute atomic E-state index is 11.6. The first kappa shape index (κ1) is 35.8. The molecule has 18 heteroatoms. The molecule has 1 heterocycles. The molecule has 0 aliphatic heterocycles. The Bertz CT molecular complexity index is 2270. The summed E-state index contributed by atoms with van der Waals surface area (Å²) in [6.07, 6.45) is 0.404. The van der Waals surface area contributed by atoms with Crippen LogP contribution in [-0.2, 0) is 26.7 Å². The van der Waals surface area contributed by atoms with Crippen LogP contribution in [0.1, 0.15) is 22.5 Å². The first-order chi connectivity index (χ1) is 23.7. The van der Waals surface area contributed by atoms with Crippen LogP contribution < -0.4 is 16.0 Å². The summed E-state index contributed by atoms with van der Waals surface area (Å²) in [6, 6.07) is 22.6. The molecule has 0 saturated carbocycles. The minimum atomic E-state index is -4.80. The van der Waals surface area contributed by atoms with Crippen molar-refractivity contribution >= 4 is 60.6 Å². The fourth-order valence-corrected chi connectivity index (χ4v) is 5.68. The zero-order chi connectivity index (χ0) is 36.1. The lowest BCUT2D eigenvalue weighted by Gasteiger charge is -2.17. The molecule has 258 valence electrons. The number of anilines is 3. The zero-order valence-electron chi connectivity index (χ0n) is 27.0. The van der Waals surface area contributed by atoms with Gasteiger partial charge in [-0.25, -0.2) is 0 Å². The lowest BCUT2D eigenvalue weighted by molar-refractivity contribution is 0.481. The Hall–Kier alpha value is -5.53. The highest BCUT2D eigenvalue weighted by Gasteiger charge is 2.18. The van der Waals surface area contributed by atoms with E-state index in [9.17, 15) is 25.9 Å². The molecule has 0 unspecified atom stereocenters. The topological polar surface area (TPSA) is 238 Å². The van der Waals surface area contributed by atoms with Gasteiger partial charge in [0.05, 0.1) is 39.2 Å². The highest BCUT2D eigenvalue weighted by atomic mass is 32.2. The minimum Gasteiger partial charge on any atom is -0.331 e. The van der Waals surface area contributed by atoms with E-state index in [1.807, 2.05) is 55.5 Å². The molecule has 5 N–H and O–H groups in total. The molecule has 0 radical (unpaired) electrons. The van der Waals surface area contributed by atoms with Crippen molar-refractivity contribution in [2.75, 3.05) is 23.9 Å². The Morgan fingerprint density at radius 2 is 1.28 bits per heavy atom. The van der Waals surface area contributed by atoms with Crippen LogP contribution in [0, 0.1) is 13.8 Å². The molecule has 0 fully saturated rings. The van der Waals surface area contributed by atoms with Crippen molar-refractivity contribution in [3.8, 4) is 0 Å². The van der Waals surface area contributed by atoms with Gasteiger partial charge in [0.2, 0.25) is 11.9 Å². The molecule has 0 spiro atoms. The first-order valence-electron chi connectivity index (χ1n) is 14.8. The molecule has 0 bridgehead atoms. The van der Waals surface area contributed by atoms with Gasteiger partial charge in [-0.1, -0.05) is 24.3 Å². The summed E-state index contributed by atoms with van der Waals surface area (Å²) in [5.41, 5.74) is 10.8. The van der Waals surface area contributed by atoms with E-state index in [1.54, 1.807) is 37.1 Å². The van der Waals surface area contributed by atoms with Gasteiger partial charge >= 0.3 is 0 Å². The molecule has 5 rings (SSSR count). The SMILES string of the molecule is Cc1cc(N=Nc2ccccc2)ccc1Cc1nc(Nc2ccc(N=Nc3cc(S(=O)(=O)O)cc(S(=O)(=O)O)c3)cc2C)nc(N(C)CN)n1. The second-order valence-electron chi connectivity index (χ2n) is 11.0. The third-order valence-electron chi connectivity index (χ3n) is 7.19. The Morgan fingerprint density at radius 3 is 1.86 bits per heavy atom. The number of nitrogens with zero attached hydrogens (tertiary/aromatic N) is 8. The molecule has 50 heavy (non-hydrogen) atoms. The van der Waals surface area contributed by atoms with Crippen molar-refractivity contribution in [1.29, 1.82) is 0 Å². The van der Waals surface area contributed by atoms with Crippen molar-refractivity contribution in [3.63, 3.8) is 0 Å². The van der Waals surface area contributed by atoms with Gasteiger partial charge in [0.25, 0.3) is 20.2 Å². The van der Waals surface area contributed by atoms with Crippen LogP contribution in [0.3, 0.4) is 0 Å². The highest BCUT2D eigenvalue weighted by Crippen LogP contribution is 2.29. The predicted octanol–water partition coefficient (Wildman–Crippen LogP) is 6.50. The van der Waals surface area contributed by atoms with E-state index in [1.165, 1.54) is 0 Å². The molecule has 1 aromatic heterocycles. The van der Waals surface area contributed by atoms with E-state index in [-0.39, 0.29) is 18.3 Å². The van der Waals surface area contributed by atoms with E-state index in [0.29, 0.717) is 46.9 Å². The smallest absolute Gasteiger partial charge is 0.294 e. The van der Waals surface area contributed by atoms with Crippen LogP contribution in [-0.4, -0.2) is 54.6 Å². The number of aromatic nitrogens is 3. The van der Waals surface area contributed by atoms with Crippen LogP contribution in [0.4, 0.5) is 40.3 Å². The van der Waals surface area contributed by atoms with Crippen LogP contribution in [0.2, 0.25) is 0 Å². The number of aryl methyl sites for hydroxylation is 2. The Labute approximate surface area is 288 Å². The summed E-state index contributed by atoms with van der Waals surface area (Å²) in [6.45, 7) is 3.94. The van der Waals surface area contributed by atoms with Gasteiger partial charge in [-0.3, -0.25) is 9.11 Å². The maximum Gasteiger partial charge on any atom is 0.294 e. The normalized spacial score (nSPS) is 12.1. The van der Waals surface area contributed by atoms with Crippen molar-refractivity contribution < 1.29 is 25.9 Å². The molecule has 4 aromatic carbocycles. The molecular weight excluding hydrogens is 685 g/mol. The Balaban J connectivity index is 1.37. The molecule has 0 aliphatic carbocycles. The average molecular weight is 717 g/mol. The van der Waals surface area contributed by atoms with Gasteiger partial charge in [-0.05, 0) is 91.2 Å².